The second-order valence-corrected chi connectivity index (χ2v) is 8.07. The Morgan fingerprint density at radius 1 is 1.10 bits per heavy atom. The van der Waals surface area contributed by atoms with Gasteiger partial charge < -0.3 is 14.6 Å². The number of amides is 1. The first-order valence-electron chi connectivity index (χ1n) is 10.2. The number of hydrogen-bond donors (Lipinski definition) is 1. The summed E-state index contributed by atoms with van der Waals surface area (Å²) in [4.78, 5) is 12.2. The molecule has 3 rings (SSSR count). The Morgan fingerprint density at radius 3 is 2.60 bits per heavy atom. The number of carbonyl (C=O) groups excluding carboxylic acids is 1. The van der Waals surface area contributed by atoms with Crippen LogP contribution >= 0.6 is 11.8 Å². The Hall–Kier alpha value is -2.80. The lowest BCUT2D eigenvalue weighted by molar-refractivity contribution is -0.118. The summed E-state index contributed by atoms with van der Waals surface area (Å²) in [6.45, 7) is 7.91. The van der Waals surface area contributed by atoms with Crippen LogP contribution in [0.5, 0.6) is 5.75 Å². The van der Waals surface area contributed by atoms with E-state index in [-0.39, 0.29) is 5.91 Å². The van der Waals surface area contributed by atoms with Crippen molar-refractivity contribution in [2.75, 3.05) is 18.9 Å². The summed E-state index contributed by atoms with van der Waals surface area (Å²) in [5.41, 5.74) is 3.37. The minimum Gasteiger partial charge on any atom is -0.492 e. The molecule has 2 aromatic carbocycles. The van der Waals surface area contributed by atoms with Gasteiger partial charge in [0.05, 0.1) is 12.3 Å². The monoisotopic (exact) mass is 424 g/mol. The summed E-state index contributed by atoms with van der Waals surface area (Å²) < 4.78 is 7.76. The van der Waals surface area contributed by atoms with Gasteiger partial charge in [-0.1, -0.05) is 54.6 Å². The lowest BCUT2D eigenvalue weighted by atomic mass is 10.1. The van der Waals surface area contributed by atoms with Crippen LogP contribution < -0.4 is 10.1 Å². The van der Waals surface area contributed by atoms with Crippen LogP contribution in [0.1, 0.15) is 24.5 Å². The molecule has 0 saturated heterocycles. The van der Waals surface area contributed by atoms with Gasteiger partial charge in [0.15, 0.2) is 11.0 Å². The summed E-state index contributed by atoms with van der Waals surface area (Å²) in [6.07, 6.45) is 0.965. The molecule has 0 aliphatic heterocycles. The van der Waals surface area contributed by atoms with Crippen LogP contribution in [0.2, 0.25) is 0 Å². The second kappa shape index (κ2) is 10.8. The van der Waals surface area contributed by atoms with E-state index in [4.69, 9.17) is 4.74 Å². The van der Waals surface area contributed by atoms with E-state index in [0.717, 1.165) is 40.8 Å². The molecule has 0 atom stereocenters. The Kier molecular flexibility index (Phi) is 7.90. The van der Waals surface area contributed by atoms with E-state index in [9.17, 15) is 4.79 Å². The molecule has 0 radical (unpaired) electrons. The fourth-order valence-corrected chi connectivity index (χ4v) is 3.86. The maximum Gasteiger partial charge on any atom is 0.230 e. The minimum atomic E-state index is -0.0454. The number of rotatable bonds is 10. The molecule has 1 N–H and O–H groups in total. The zero-order valence-corrected chi connectivity index (χ0v) is 18.5. The maximum atomic E-state index is 12.2. The fourth-order valence-electron chi connectivity index (χ4n) is 3.06. The quantitative estimate of drug-likeness (QED) is 0.389. The van der Waals surface area contributed by atoms with Gasteiger partial charge in [-0.3, -0.25) is 4.79 Å². The van der Waals surface area contributed by atoms with Crippen LogP contribution in [0.3, 0.4) is 0 Å². The van der Waals surface area contributed by atoms with Crippen molar-refractivity contribution in [2.24, 2.45) is 0 Å². The highest BCUT2D eigenvalue weighted by molar-refractivity contribution is 7.99. The van der Waals surface area contributed by atoms with Crippen molar-refractivity contribution in [1.82, 2.24) is 20.1 Å². The van der Waals surface area contributed by atoms with Crippen molar-refractivity contribution in [3.8, 4) is 17.1 Å². The normalized spacial score (nSPS) is 10.8. The third-order valence-electron chi connectivity index (χ3n) is 4.46. The molecular weight excluding hydrogens is 396 g/mol. The van der Waals surface area contributed by atoms with Gasteiger partial charge in [-0.05, 0) is 44.0 Å². The number of aromatic nitrogens is 3. The first-order chi connectivity index (χ1) is 14.6. The van der Waals surface area contributed by atoms with E-state index in [1.165, 1.54) is 17.3 Å². The Balaban J connectivity index is 1.51. The lowest BCUT2D eigenvalue weighted by Gasteiger charge is -2.10. The Labute approximate surface area is 182 Å². The molecular formula is C23H28N4O2S. The van der Waals surface area contributed by atoms with E-state index in [0.29, 0.717) is 18.9 Å². The van der Waals surface area contributed by atoms with Crippen molar-refractivity contribution in [3.05, 3.63) is 59.7 Å². The van der Waals surface area contributed by atoms with Gasteiger partial charge in [0.25, 0.3) is 0 Å². The number of thioether (sulfide) groups is 1. The maximum absolute atomic E-state index is 12.2. The fraction of sp³-hybridized carbons (Fsp3) is 0.348. The topological polar surface area (TPSA) is 69.0 Å². The molecule has 0 aliphatic rings. The first kappa shape index (κ1) is 21.9. The number of aryl methyl sites for hydroxylation is 2. The van der Waals surface area contributed by atoms with Crippen LogP contribution in [0.15, 0.2) is 53.7 Å². The summed E-state index contributed by atoms with van der Waals surface area (Å²) in [6, 6.07) is 16.1. The smallest absolute Gasteiger partial charge is 0.230 e. The molecule has 0 unspecified atom stereocenters. The van der Waals surface area contributed by atoms with Crippen LogP contribution in [0, 0.1) is 13.8 Å². The van der Waals surface area contributed by atoms with E-state index < -0.39 is 0 Å². The molecule has 1 aromatic heterocycles. The van der Waals surface area contributed by atoms with Crippen molar-refractivity contribution in [1.29, 1.82) is 0 Å². The molecule has 0 bridgehead atoms. The van der Waals surface area contributed by atoms with Gasteiger partial charge in [-0.15, -0.1) is 10.2 Å². The zero-order chi connectivity index (χ0) is 21.3. The molecule has 0 spiro atoms. The van der Waals surface area contributed by atoms with E-state index in [2.05, 4.69) is 46.1 Å². The number of nitrogens with one attached hydrogen (secondary N) is 1. The second-order valence-electron chi connectivity index (χ2n) is 7.13. The molecule has 6 nitrogen and oxygen atoms in total. The number of benzene rings is 2. The SMILES string of the molecule is CCCn1c(SCC(=O)NCCOc2cccc(C)c2)nnc1-c1cccc(C)c1. The van der Waals surface area contributed by atoms with Crippen molar-refractivity contribution in [3.63, 3.8) is 0 Å². The highest BCUT2D eigenvalue weighted by atomic mass is 32.2. The van der Waals surface area contributed by atoms with E-state index in [1.807, 2.05) is 43.3 Å². The predicted molar refractivity (Wildman–Crippen MR) is 121 cm³/mol. The summed E-state index contributed by atoms with van der Waals surface area (Å²) >= 11 is 1.41. The van der Waals surface area contributed by atoms with Gasteiger partial charge >= 0.3 is 0 Å². The number of ether oxygens (including phenoxy) is 1. The molecule has 30 heavy (non-hydrogen) atoms. The third kappa shape index (κ3) is 6.10. The standard InChI is InChI=1S/C23H28N4O2S/c1-4-12-27-22(19-9-5-7-17(2)14-19)25-26-23(27)30-16-21(28)24-11-13-29-20-10-6-8-18(3)15-20/h5-10,14-15H,4,11-13,16H2,1-3H3,(H,24,28). The number of hydrogen-bond acceptors (Lipinski definition) is 5. The molecule has 158 valence electrons. The molecule has 1 amide bonds. The van der Waals surface area contributed by atoms with Gasteiger partial charge in [0.2, 0.25) is 5.91 Å². The largest absolute Gasteiger partial charge is 0.492 e. The van der Waals surface area contributed by atoms with Gasteiger partial charge in [0, 0.05) is 12.1 Å². The van der Waals surface area contributed by atoms with Crippen LogP contribution in [-0.2, 0) is 11.3 Å². The molecule has 0 aliphatic carbocycles. The van der Waals surface area contributed by atoms with Crippen LogP contribution in [0.4, 0.5) is 0 Å². The van der Waals surface area contributed by atoms with Crippen LogP contribution in [-0.4, -0.2) is 39.6 Å². The average molecular weight is 425 g/mol. The van der Waals surface area contributed by atoms with Gasteiger partial charge in [-0.25, -0.2) is 0 Å². The first-order valence-corrected chi connectivity index (χ1v) is 11.1. The van der Waals surface area contributed by atoms with Crippen molar-refractivity contribution in [2.45, 2.75) is 38.9 Å². The summed E-state index contributed by atoms with van der Waals surface area (Å²) in [5.74, 6) is 1.90. The number of nitrogens with zero attached hydrogens (tertiary/aromatic N) is 3. The summed E-state index contributed by atoms with van der Waals surface area (Å²) in [5, 5.41) is 12.4. The van der Waals surface area contributed by atoms with Crippen LogP contribution in [0.25, 0.3) is 11.4 Å². The lowest BCUT2D eigenvalue weighted by Crippen LogP contribution is -2.29. The Morgan fingerprint density at radius 2 is 1.87 bits per heavy atom. The highest BCUT2D eigenvalue weighted by Gasteiger charge is 2.15. The molecule has 0 fully saturated rings. The predicted octanol–water partition coefficient (Wildman–Crippen LogP) is 4.26. The zero-order valence-electron chi connectivity index (χ0n) is 17.7. The van der Waals surface area contributed by atoms with Gasteiger partial charge in [-0.2, -0.15) is 0 Å². The minimum absolute atomic E-state index is 0.0454. The molecule has 3 aromatic rings. The highest BCUT2D eigenvalue weighted by Crippen LogP contribution is 2.25. The number of carbonyl (C=O) groups is 1. The molecule has 1 heterocycles. The average Bonchev–Trinajstić information content (AvgIpc) is 3.13. The Bertz CT molecular complexity index is 987. The summed E-state index contributed by atoms with van der Waals surface area (Å²) in [7, 11) is 0. The third-order valence-corrected chi connectivity index (χ3v) is 5.42. The van der Waals surface area contributed by atoms with E-state index in [1.54, 1.807) is 0 Å². The molecule has 0 saturated carbocycles. The van der Waals surface area contributed by atoms with E-state index >= 15 is 0 Å². The van der Waals surface area contributed by atoms with Crippen molar-refractivity contribution >= 4 is 17.7 Å². The van der Waals surface area contributed by atoms with Crippen molar-refractivity contribution < 1.29 is 9.53 Å². The van der Waals surface area contributed by atoms with Gasteiger partial charge in [0.1, 0.15) is 12.4 Å². The molecule has 7 heteroatoms.